The van der Waals surface area contributed by atoms with Crippen LogP contribution in [0.25, 0.3) is 0 Å². The van der Waals surface area contributed by atoms with Gasteiger partial charge in [-0.3, -0.25) is 14.4 Å². The predicted octanol–water partition coefficient (Wildman–Crippen LogP) is 2.97. The quantitative estimate of drug-likeness (QED) is 0.529. The van der Waals surface area contributed by atoms with Crippen LogP contribution < -0.4 is 16.2 Å². The van der Waals surface area contributed by atoms with Gasteiger partial charge in [-0.05, 0) is 30.0 Å². The Labute approximate surface area is 161 Å². The summed E-state index contributed by atoms with van der Waals surface area (Å²) in [5, 5.41) is 5.25. The summed E-state index contributed by atoms with van der Waals surface area (Å²) in [4.78, 5) is 43.7. The number of H-pyrrole nitrogens is 1. The molecular formula is C17H15F3N4O3S. The smallest absolute Gasteiger partial charge is 0.326 e. The van der Waals surface area contributed by atoms with Crippen LogP contribution >= 0.6 is 11.8 Å². The van der Waals surface area contributed by atoms with Gasteiger partial charge in [0.05, 0.1) is 17.0 Å². The standard InChI is InChI=1S/C17H15F3N4O3S/c1-2-28-16-23-13-12(15(27)24-16)10(7-11(25)22-13)14(26)21-9-5-3-8(4-6-9)17(18,19)20/h3-6,10H,2,7H2,1H3,(H,21,26)(H2,22,23,24,25,27)/t10-/m1/s1. The van der Waals surface area contributed by atoms with Gasteiger partial charge in [0.1, 0.15) is 5.82 Å². The lowest BCUT2D eigenvalue weighted by molar-refractivity contribution is -0.137. The van der Waals surface area contributed by atoms with Gasteiger partial charge in [0.2, 0.25) is 11.8 Å². The molecule has 11 heteroatoms. The zero-order valence-corrected chi connectivity index (χ0v) is 15.3. The van der Waals surface area contributed by atoms with Crippen LogP contribution in [-0.4, -0.2) is 27.5 Å². The van der Waals surface area contributed by atoms with E-state index in [0.29, 0.717) is 10.9 Å². The third kappa shape index (κ3) is 4.19. The monoisotopic (exact) mass is 412 g/mol. The maximum Gasteiger partial charge on any atom is 0.416 e. The van der Waals surface area contributed by atoms with E-state index in [1.807, 2.05) is 6.92 Å². The second-order valence-electron chi connectivity index (χ2n) is 5.94. The molecule has 0 saturated carbocycles. The van der Waals surface area contributed by atoms with Gasteiger partial charge in [0.25, 0.3) is 5.56 Å². The molecule has 0 bridgehead atoms. The van der Waals surface area contributed by atoms with Gasteiger partial charge in [-0.25, -0.2) is 4.98 Å². The van der Waals surface area contributed by atoms with Crippen LogP contribution in [0, 0.1) is 0 Å². The number of hydrogen-bond acceptors (Lipinski definition) is 5. The molecule has 148 valence electrons. The van der Waals surface area contributed by atoms with Crippen molar-refractivity contribution in [3.63, 3.8) is 0 Å². The molecule has 0 fully saturated rings. The van der Waals surface area contributed by atoms with Gasteiger partial charge >= 0.3 is 6.18 Å². The van der Waals surface area contributed by atoms with E-state index < -0.39 is 35.0 Å². The number of alkyl halides is 3. The SMILES string of the molecule is CCSc1nc2c(c(=O)[nH]1)[C@H](C(=O)Nc1ccc(C(F)(F)F)cc1)CC(=O)N2. The first-order valence-electron chi connectivity index (χ1n) is 8.24. The van der Waals surface area contributed by atoms with Gasteiger partial charge in [-0.15, -0.1) is 0 Å². The summed E-state index contributed by atoms with van der Waals surface area (Å²) in [6, 6.07) is 3.88. The number of carbonyl (C=O) groups excluding carboxylic acids is 2. The van der Waals surface area contributed by atoms with Crippen molar-refractivity contribution < 1.29 is 22.8 Å². The number of carbonyl (C=O) groups is 2. The maximum atomic E-state index is 12.6. The second-order valence-corrected chi connectivity index (χ2v) is 7.19. The van der Waals surface area contributed by atoms with Crippen molar-refractivity contribution in [1.29, 1.82) is 0 Å². The molecule has 2 amide bonds. The molecule has 1 aromatic heterocycles. The van der Waals surface area contributed by atoms with E-state index in [1.165, 1.54) is 11.8 Å². The number of fused-ring (bicyclic) bond motifs is 1. The zero-order chi connectivity index (χ0) is 20.5. The fraction of sp³-hybridized carbons (Fsp3) is 0.294. The van der Waals surface area contributed by atoms with E-state index in [0.717, 1.165) is 24.3 Å². The highest BCUT2D eigenvalue weighted by Gasteiger charge is 2.35. The lowest BCUT2D eigenvalue weighted by Crippen LogP contribution is -2.36. The maximum absolute atomic E-state index is 12.6. The van der Waals surface area contributed by atoms with Gasteiger partial charge in [-0.2, -0.15) is 13.2 Å². The Kier molecular flexibility index (Phi) is 5.45. The average Bonchev–Trinajstić information content (AvgIpc) is 2.60. The summed E-state index contributed by atoms with van der Waals surface area (Å²) in [5.74, 6) is -1.61. The number of thioether (sulfide) groups is 1. The Bertz CT molecular complexity index is 973. The molecule has 0 spiro atoms. The zero-order valence-electron chi connectivity index (χ0n) is 14.5. The molecular weight excluding hydrogens is 397 g/mol. The normalized spacial score (nSPS) is 16.3. The largest absolute Gasteiger partial charge is 0.416 e. The van der Waals surface area contributed by atoms with Crippen molar-refractivity contribution in [3.05, 3.63) is 45.7 Å². The van der Waals surface area contributed by atoms with Crippen LogP contribution in [0.2, 0.25) is 0 Å². The van der Waals surface area contributed by atoms with E-state index in [2.05, 4.69) is 20.6 Å². The number of hydrogen-bond donors (Lipinski definition) is 3. The first-order valence-corrected chi connectivity index (χ1v) is 9.22. The molecule has 1 aliphatic rings. The molecule has 1 atom stereocenters. The summed E-state index contributed by atoms with van der Waals surface area (Å²) in [6.07, 6.45) is -4.76. The third-order valence-corrected chi connectivity index (χ3v) is 4.76. The summed E-state index contributed by atoms with van der Waals surface area (Å²) >= 11 is 1.27. The molecule has 1 aromatic carbocycles. The fourth-order valence-corrected chi connectivity index (χ4v) is 3.35. The number of benzene rings is 1. The van der Waals surface area contributed by atoms with Crippen LogP contribution in [0.15, 0.2) is 34.2 Å². The molecule has 2 heterocycles. The molecule has 7 nitrogen and oxygen atoms in total. The van der Waals surface area contributed by atoms with Crippen LogP contribution in [0.3, 0.4) is 0 Å². The predicted molar refractivity (Wildman–Crippen MR) is 97.3 cm³/mol. The minimum Gasteiger partial charge on any atom is -0.326 e. The van der Waals surface area contributed by atoms with Gasteiger partial charge < -0.3 is 15.6 Å². The summed E-state index contributed by atoms with van der Waals surface area (Å²) in [7, 11) is 0. The second kappa shape index (κ2) is 7.66. The van der Waals surface area contributed by atoms with Crippen LogP contribution in [0.4, 0.5) is 24.7 Å². The molecule has 2 aromatic rings. The molecule has 0 unspecified atom stereocenters. The van der Waals surface area contributed by atoms with Crippen molar-refractivity contribution in [2.45, 2.75) is 30.6 Å². The number of nitrogens with one attached hydrogen (secondary N) is 3. The van der Waals surface area contributed by atoms with E-state index in [1.54, 1.807) is 0 Å². The van der Waals surface area contributed by atoms with Crippen LogP contribution in [0.1, 0.15) is 30.4 Å². The minimum absolute atomic E-state index is 0.0171. The number of amides is 2. The molecule has 28 heavy (non-hydrogen) atoms. The molecule has 1 aliphatic heterocycles. The van der Waals surface area contributed by atoms with Gasteiger partial charge in [0, 0.05) is 12.1 Å². The van der Waals surface area contributed by atoms with E-state index in [9.17, 15) is 27.6 Å². The first kappa shape index (κ1) is 19.9. The molecule has 0 radical (unpaired) electrons. The Morgan fingerprint density at radius 3 is 2.57 bits per heavy atom. The van der Waals surface area contributed by atoms with Crippen molar-refractivity contribution in [2.24, 2.45) is 0 Å². The fourth-order valence-electron chi connectivity index (χ4n) is 2.75. The molecule has 3 rings (SSSR count). The Hall–Kier alpha value is -2.82. The van der Waals surface area contributed by atoms with Gasteiger partial charge in [-0.1, -0.05) is 18.7 Å². The number of aromatic nitrogens is 2. The third-order valence-electron chi connectivity index (χ3n) is 4.01. The number of rotatable bonds is 4. The highest BCUT2D eigenvalue weighted by atomic mass is 32.2. The average molecular weight is 412 g/mol. The summed E-state index contributed by atoms with van der Waals surface area (Å²) in [5.41, 5.74) is -1.26. The van der Waals surface area contributed by atoms with Crippen molar-refractivity contribution in [1.82, 2.24) is 9.97 Å². The summed E-state index contributed by atoms with van der Waals surface area (Å²) in [6.45, 7) is 1.86. The van der Waals surface area contributed by atoms with Crippen LogP contribution in [0.5, 0.6) is 0 Å². The molecule has 0 saturated heterocycles. The van der Waals surface area contributed by atoms with Crippen molar-refractivity contribution in [3.8, 4) is 0 Å². The Morgan fingerprint density at radius 2 is 1.96 bits per heavy atom. The van der Waals surface area contributed by atoms with Crippen LogP contribution in [-0.2, 0) is 15.8 Å². The lowest BCUT2D eigenvalue weighted by atomic mass is 9.92. The number of nitrogens with zero attached hydrogens (tertiary/aromatic N) is 1. The number of anilines is 2. The Morgan fingerprint density at radius 1 is 1.29 bits per heavy atom. The topological polar surface area (TPSA) is 104 Å². The van der Waals surface area contributed by atoms with E-state index in [-0.39, 0.29) is 23.5 Å². The molecule has 0 aliphatic carbocycles. The number of halogens is 3. The highest BCUT2D eigenvalue weighted by Crippen LogP contribution is 2.32. The molecule has 3 N–H and O–H groups in total. The van der Waals surface area contributed by atoms with E-state index in [4.69, 9.17) is 0 Å². The first-order chi connectivity index (χ1) is 13.2. The number of aromatic amines is 1. The summed E-state index contributed by atoms with van der Waals surface area (Å²) < 4.78 is 37.9. The van der Waals surface area contributed by atoms with Gasteiger partial charge in [0.15, 0.2) is 5.16 Å². The van der Waals surface area contributed by atoms with Crippen molar-refractivity contribution >= 4 is 35.1 Å². The van der Waals surface area contributed by atoms with E-state index >= 15 is 0 Å². The minimum atomic E-state index is -4.49. The Balaban J connectivity index is 1.87. The highest BCUT2D eigenvalue weighted by molar-refractivity contribution is 7.99. The lowest BCUT2D eigenvalue weighted by Gasteiger charge is -2.23. The van der Waals surface area contributed by atoms with Crippen molar-refractivity contribution in [2.75, 3.05) is 16.4 Å².